The average Bonchev–Trinajstić information content (AvgIpc) is 3.15. The van der Waals surface area contributed by atoms with Crippen molar-refractivity contribution in [3.63, 3.8) is 0 Å². The van der Waals surface area contributed by atoms with Gasteiger partial charge in [0.15, 0.2) is 12.4 Å². The van der Waals surface area contributed by atoms with Crippen molar-refractivity contribution in [3.05, 3.63) is 36.0 Å². The Labute approximate surface area is 140 Å². The molecule has 128 valence electrons. The van der Waals surface area contributed by atoms with Gasteiger partial charge < -0.3 is 20.3 Å². The number of anilines is 1. The normalized spacial score (nSPS) is 20.1. The van der Waals surface area contributed by atoms with Crippen molar-refractivity contribution in [2.45, 2.75) is 45.3 Å². The molecule has 1 amide bonds. The lowest BCUT2D eigenvalue weighted by Crippen LogP contribution is -2.28. The molecule has 1 aromatic heterocycles. The molecule has 3 N–H and O–H groups in total. The molecule has 1 fully saturated rings. The number of benzene rings is 1. The molecule has 0 unspecified atom stereocenters. The first-order valence-corrected chi connectivity index (χ1v) is 8.17. The smallest absolute Gasteiger partial charge is 0.264 e. The maximum absolute atomic E-state index is 12.1. The Bertz CT molecular complexity index is 683. The van der Waals surface area contributed by atoms with Crippen LogP contribution in [0.5, 0.6) is 5.75 Å². The molecule has 2 atom stereocenters. The van der Waals surface area contributed by atoms with Crippen LogP contribution < -0.4 is 15.8 Å². The number of nitrogens with zero attached hydrogens (tertiary/aromatic N) is 2. The zero-order valence-electron chi connectivity index (χ0n) is 13.7. The van der Waals surface area contributed by atoms with Gasteiger partial charge >= 0.3 is 0 Å². The lowest BCUT2D eigenvalue weighted by Gasteiger charge is -2.14. The van der Waals surface area contributed by atoms with E-state index < -0.39 is 0 Å². The molecule has 3 rings (SSSR count). The lowest BCUT2D eigenvalue weighted by atomic mass is 10.00. The summed E-state index contributed by atoms with van der Waals surface area (Å²) in [4.78, 5) is 16.2. The second kappa shape index (κ2) is 7.44. The summed E-state index contributed by atoms with van der Waals surface area (Å²) < 4.78 is 10.5. The predicted molar refractivity (Wildman–Crippen MR) is 88.4 cm³/mol. The van der Waals surface area contributed by atoms with Crippen molar-refractivity contribution in [3.8, 4) is 5.75 Å². The maximum atomic E-state index is 12.1. The summed E-state index contributed by atoms with van der Waals surface area (Å²) in [6, 6.07) is 7.35. The van der Waals surface area contributed by atoms with E-state index in [0.29, 0.717) is 29.8 Å². The quantitative estimate of drug-likeness (QED) is 0.843. The van der Waals surface area contributed by atoms with Crippen LogP contribution in [0.2, 0.25) is 0 Å². The zero-order valence-corrected chi connectivity index (χ0v) is 13.7. The summed E-state index contributed by atoms with van der Waals surface area (Å²) >= 11 is 0. The van der Waals surface area contributed by atoms with Gasteiger partial charge in [0.1, 0.15) is 5.75 Å². The standard InChI is InChI=1S/C17H22N4O3/c1-11-19-17(24-21-11)10-23-14-7-5-13(6-8-14)20-16(22)9-12-3-2-4-15(12)18/h5-8,12,15H,2-4,9-10,18H2,1H3,(H,20,22)/t12-,15+/m0/s1. The fourth-order valence-electron chi connectivity index (χ4n) is 2.95. The number of aromatic nitrogens is 2. The van der Waals surface area contributed by atoms with E-state index in [9.17, 15) is 4.79 Å². The molecule has 0 saturated heterocycles. The van der Waals surface area contributed by atoms with Crippen molar-refractivity contribution in [2.24, 2.45) is 11.7 Å². The molecular weight excluding hydrogens is 308 g/mol. The molecule has 0 spiro atoms. The average molecular weight is 330 g/mol. The SMILES string of the molecule is Cc1noc(COc2ccc(NC(=O)C[C@@H]3CCC[C@H]3N)cc2)n1. The number of carbonyl (C=O) groups excluding carboxylic acids is 1. The third-order valence-corrected chi connectivity index (χ3v) is 4.24. The van der Waals surface area contributed by atoms with Gasteiger partial charge in [-0.05, 0) is 49.9 Å². The number of aryl methyl sites for hydroxylation is 1. The van der Waals surface area contributed by atoms with Gasteiger partial charge in [0.25, 0.3) is 5.89 Å². The molecule has 1 aliphatic rings. The van der Waals surface area contributed by atoms with E-state index in [-0.39, 0.29) is 18.6 Å². The Morgan fingerprint density at radius 2 is 2.17 bits per heavy atom. The molecule has 1 heterocycles. The summed E-state index contributed by atoms with van der Waals surface area (Å²) in [6.07, 6.45) is 3.65. The number of nitrogens with one attached hydrogen (secondary N) is 1. The molecule has 24 heavy (non-hydrogen) atoms. The van der Waals surface area contributed by atoms with E-state index in [1.807, 2.05) is 0 Å². The third-order valence-electron chi connectivity index (χ3n) is 4.24. The van der Waals surface area contributed by atoms with Gasteiger partial charge in [0.05, 0.1) is 0 Å². The largest absolute Gasteiger partial charge is 0.484 e. The molecular formula is C17H22N4O3. The summed E-state index contributed by atoms with van der Waals surface area (Å²) in [7, 11) is 0. The van der Waals surface area contributed by atoms with E-state index in [0.717, 1.165) is 24.9 Å². The zero-order chi connectivity index (χ0) is 16.9. The highest BCUT2D eigenvalue weighted by Crippen LogP contribution is 2.27. The van der Waals surface area contributed by atoms with Gasteiger partial charge in [-0.15, -0.1) is 0 Å². The van der Waals surface area contributed by atoms with E-state index in [1.54, 1.807) is 31.2 Å². The number of carbonyl (C=O) groups is 1. The van der Waals surface area contributed by atoms with Gasteiger partial charge in [-0.1, -0.05) is 11.6 Å². The van der Waals surface area contributed by atoms with Gasteiger partial charge in [-0.3, -0.25) is 4.79 Å². The number of hydrogen-bond acceptors (Lipinski definition) is 6. The Morgan fingerprint density at radius 1 is 1.38 bits per heavy atom. The second-order valence-electron chi connectivity index (χ2n) is 6.16. The summed E-state index contributed by atoms with van der Waals surface area (Å²) in [5, 5.41) is 6.60. The summed E-state index contributed by atoms with van der Waals surface area (Å²) in [5.41, 5.74) is 6.75. The topological polar surface area (TPSA) is 103 Å². The molecule has 1 saturated carbocycles. The maximum Gasteiger partial charge on any atom is 0.264 e. The Kier molecular flexibility index (Phi) is 5.10. The van der Waals surface area contributed by atoms with Crippen LogP contribution in [-0.2, 0) is 11.4 Å². The van der Waals surface area contributed by atoms with E-state index in [1.165, 1.54) is 0 Å². The minimum Gasteiger partial charge on any atom is -0.484 e. The highest BCUT2D eigenvalue weighted by atomic mass is 16.5. The van der Waals surface area contributed by atoms with Crippen LogP contribution in [0.15, 0.2) is 28.8 Å². The Hall–Kier alpha value is -2.41. The van der Waals surface area contributed by atoms with Crippen LogP contribution in [-0.4, -0.2) is 22.1 Å². The first-order chi connectivity index (χ1) is 11.6. The second-order valence-corrected chi connectivity index (χ2v) is 6.16. The van der Waals surface area contributed by atoms with Gasteiger partial charge in [-0.2, -0.15) is 4.98 Å². The molecule has 1 aromatic carbocycles. The summed E-state index contributed by atoms with van der Waals surface area (Å²) in [5.74, 6) is 1.98. The van der Waals surface area contributed by atoms with Gasteiger partial charge in [0, 0.05) is 18.2 Å². The van der Waals surface area contributed by atoms with Crippen molar-refractivity contribution >= 4 is 11.6 Å². The fourth-order valence-corrected chi connectivity index (χ4v) is 2.95. The first-order valence-electron chi connectivity index (χ1n) is 8.17. The van der Waals surface area contributed by atoms with Crippen LogP contribution in [0.1, 0.15) is 37.4 Å². The molecule has 7 heteroatoms. The fraction of sp³-hybridized carbons (Fsp3) is 0.471. The Balaban J connectivity index is 1.48. The van der Waals surface area contributed by atoms with E-state index in [4.69, 9.17) is 15.0 Å². The molecule has 0 bridgehead atoms. The van der Waals surface area contributed by atoms with E-state index >= 15 is 0 Å². The highest BCUT2D eigenvalue weighted by Gasteiger charge is 2.25. The number of hydrogen-bond donors (Lipinski definition) is 2. The minimum absolute atomic E-state index is 0.00681. The van der Waals surface area contributed by atoms with Crippen LogP contribution in [0.4, 0.5) is 5.69 Å². The van der Waals surface area contributed by atoms with Crippen molar-refractivity contribution in [1.82, 2.24) is 10.1 Å². The van der Waals surface area contributed by atoms with Crippen molar-refractivity contribution in [2.75, 3.05) is 5.32 Å². The Morgan fingerprint density at radius 3 is 2.79 bits per heavy atom. The minimum atomic E-state index is 0.00681. The first kappa shape index (κ1) is 16.4. The monoisotopic (exact) mass is 330 g/mol. The molecule has 2 aromatic rings. The summed E-state index contributed by atoms with van der Waals surface area (Å²) in [6.45, 7) is 1.97. The van der Waals surface area contributed by atoms with Crippen LogP contribution >= 0.6 is 0 Å². The van der Waals surface area contributed by atoms with Crippen LogP contribution in [0.25, 0.3) is 0 Å². The van der Waals surface area contributed by atoms with Crippen molar-refractivity contribution in [1.29, 1.82) is 0 Å². The number of nitrogens with two attached hydrogens (primary N) is 1. The molecule has 0 aliphatic heterocycles. The number of amides is 1. The lowest BCUT2D eigenvalue weighted by molar-refractivity contribution is -0.117. The predicted octanol–water partition coefficient (Wildman–Crippen LogP) is 2.41. The van der Waals surface area contributed by atoms with Gasteiger partial charge in [-0.25, -0.2) is 0 Å². The third kappa shape index (κ3) is 4.32. The van der Waals surface area contributed by atoms with E-state index in [2.05, 4.69) is 15.5 Å². The van der Waals surface area contributed by atoms with Crippen LogP contribution in [0, 0.1) is 12.8 Å². The van der Waals surface area contributed by atoms with Crippen LogP contribution in [0.3, 0.4) is 0 Å². The molecule has 1 aliphatic carbocycles. The van der Waals surface area contributed by atoms with Crippen molar-refractivity contribution < 1.29 is 14.1 Å². The van der Waals surface area contributed by atoms with Gasteiger partial charge in [0.2, 0.25) is 5.91 Å². The number of ether oxygens (including phenoxy) is 1. The number of rotatable bonds is 6. The highest BCUT2D eigenvalue weighted by molar-refractivity contribution is 5.90. The molecule has 0 radical (unpaired) electrons. The molecule has 7 nitrogen and oxygen atoms in total.